The van der Waals surface area contributed by atoms with Gasteiger partial charge in [-0.05, 0) is 31.1 Å². The van der Waals surface area contributed by atoms with Gasteiger partial charge in [-0.3, -0.25) is 19.3 Å². The Morgan fingerprint density at radius 1 is 1.09 bits per heavy atom. The van der Waals surface area contributed by atoms with Crippen LogP contribution in [0.2, 0.25) is 0 Å². The van der Waals surface area contributed by atoms with E-state index in [2.05, 4.69) is 12.2 Å². The Kier molecular flexibility index (Phi) is 4.55. The molecule has 3 amide bonds. The smallest absolute Gasteiger partial charge is 0.233 e. The number of fused-ring (bicyclic) bond motifs is 5. The number of amides is 3. The molecule has 0 unspecified atom stereocenters. The fourth-order valence-electron chi connectivity index (χ4n) is 4.45. The molecule has 0 spiro atoms. The number of imide groups is 1. The highest BCUT2D eigenvalue weighted by molar-refractivity contribution is 6.06. The van der Waals surface area contributed by atoms with Crippen LogP contribution >= 0.6 is 0 Å². The molecule has 1 aliphatic heterocycles. The normalized spacial score (nSPS) is 31.1. The van der Waals surface area contributed by atoms with Crippen molar-refractivity contribution in [3.8, 4) is 0 Å². The fourth-order valence-corrected chi connectivity index (χ4v) is 4.45. The average Bonchev–Trinajstić information content (AvgIpc) is 3.20. The molecule has 3 aliphatic rings. The third-order valence-electron chi connectivity index (χ3n) is 5.45. The van der Waals surface area contributed by atoms with E-state index >= 15 is 0 Å². The summed E-state index contributed by atoms with van der Waals surface area (Å²) in [5, 5.41) is 0. The zero-order valence-electron chi connectivity index (χ0n) is 14.0. The molecule has 1 saturated carbocycles. The number of rotatable bonds is 7. The Bertz CT molecular complexity index is 506. The van der Waals surface area contributed by atoms with Crippen LogP contribution in [-0.4, -0.2) is 47.2 Å². The Hall–Kier alpha value is -1.65. The van der Waals surface area contributed by atoms with Crippen molar-refractivity contribution >= 4 is 17.7 Å². The van der Waals surface area contributed by atoms with E-state index in [0.717, 1.165) is 32.4 Å². The molecule has 3 rings (SSSR count). The Morgan fingerprint density at radius 2 is 1.61 bits per heavy atom. The lowest BCUT2D eigenvalue weighted by Gasteiger charge is -2.23. The third kappa shape index (κ3) is 2.70. The van der Waals surface area contributed by atoms with E-state index in [1.54, 1.807) is 0 Å². The minimum absolute atomic E-state index is 0.0486. The molecule has 5 nitrogen and oxygen atoms in total. The van der Waals surface area contributed by atoms with Gasteiger partial charge in [0.1, 0.15) is 0 Å². The van der Waals surface area contributed by atoms with Crippen molar-refractivity contribution < 1.29 is 14.4 Å². The molecule has 0 N–H and O–H groups in total. The van der Waals surface area contributed by atoms with Crippen LogP contribution in [0.3, 0.4) is 0 Å². The third-order valence-corrected chi connectivity index (χ3v) is 5.45. The number of nitrogens with zero attached hydrogens (tertiary/aromatic N) is 2. The van der Waals surface area contributed by atoms with Crippen molar-refractivity contribution in [2.45, 2.75) is 39.5 Å². The van der Waals surface area contributed by atoms with Crippen LogP contribution in [-0.2, 0) is 14.4 Å². The summed E-state index contributed by atoms with van der Waals surface area (Å²) in [5.74, 6) is 0.0967. The summed E-state index contributed by atoms with van der Waals surface area (Å²) in [6, 6.07) is 0. The number of likely N-dealkylation sites (tertiary alicyclic amines) is 1. The second-order valence-corrected chi connectivity index (χ2v) is 6.96. The predicted octanol–water partition coefficient (Wildman–Crippen LogP) is 1.83. The lowest BCUT2D eigenvalue weighted by molar-refractivity contribution is -0.141. The van der Waals surface area contributed by atoms with Gasteiger partial charge in [0.05, 0.1) is 11.8 Å². The molecule has 1 heterocycles. The topological polar surface area (TPSA) is 57.7 Å². The molecular weight excluding hydrogens is 292 g/mol. The number of carbonyl (C=O) groups excluding carboxylic acids is 3. The van der Waals surface area contributed by atoms with E-state index in [1.807, 2.05) is 18.7 Å². The standard InChI is InChI=1S/C18H26N2O3/c1-3-8-19(9-4-2)14(21)7-10-20-17(22)15-12-5-6-13(11-12)16(15)18(20)23/h5-6,12-13,15-16H,3-4,7-11H2,1-2H3/t12-,13+,15-,16+. The summed E-state index contributed by atoms with van der Waals surface area (Å²) >= 11 is 0. The molecule has 4 atom stereocenters. The molecule has 0 aromatic heterocycles. The highest BCUT2D eigenvalue weighted by Crippen LogP contribution is 2.52. The van der Waals surface area contributed by atoms with E-state index in [0.29, 0.717) is 0 Å². The highest BCUT2D eigenvalue weighted by atomic mass is 16.2. The molecular formula is C18H26N2O3. The van der Waals surface area contributed by atoms with Crippen LogP contribution < -0.4 is 0 Å². The van der Waals surface area contributed by atoms with Crippen LogP contribution in [0.1, 0.15) is 39.5 Å². The minimum Gasteiger partial charge on any atom is -0.343 e. The molecule has 0 aromatic carbocycles. The van der Waals surface area contributed by atoms with Gasteiger partial charge in [-0.1, -0.05) is 26.0 Å². The number of hydrogen-bond donors (Lipinski definition) is 0. The zero-order valence-corrected chi connectivity index (χ0v) is 14.0. The first kappa shape index (κ1) is 16.2. The van der Waals surface area contributed by atoms with Crippen molar-refractivity contribution in [3.05, 3.63) is 12.2 Å². The molecule has 2 fully saturated rings. The SMILES string of the molecule is CCCN(CCC)C(=O)CCN1C(=O)[C@@H]2[C@H](C1=O)[C@@H]1C=C[C@H]2C1. The van der Waals surface area contributed by atoms with Crippen LogP contribution in [0.4, 0.5) is 0 Å². The monoisotopic (exact) mass is 318 g/mol. The van der Waals surface area contributed by atoms with E-state index in [4.69, 9.17) is 0 Å². The van der Waals surface area contributed by atoms with E-state index in [1.165, 1.54) is 4.90 Å². The molecule has 0 aromatic rings. The Balaban J connectivity index is 1.60. The first-order valence-corrected chi connectivity index (χ1v) is 8.89. The summed E-state index contributed by atoms with van der Waals surface area (Å²) in [6.45, 7) is 5.83. The van der Waals surface area contributed by atoms with Gasteiger partial charge in [0.15, 0.2) is 0 Å². The quantitative estimate of drug-likeness (QED) is 0.531. The number of hydrogen-bond acceptors (Lipinski definition) is 3. The van der Waals surface area contributed by atoms with E-state index in [-0.39, 0.29) is 54.4 Å². The summed E-state index contributed by atoms with van der Waals surface area (Å²) in [5.41, 5.74) is 0. The van der Waals surface area contributed by atoms with Crippen molar-refractivity contribution in [1.82, 2.24) is 9.80 Å². The molecule has 1 saturated heterocycles. The van der Waals surface area contributed by atoms with Gasteiger partial charge in [-0.2, -0.15) is 0 Å². The summed E-state index contributed by atoms with van der Waals surface area (Å²) < 4.78 is 0. The van der Waals surface area contributed by atoms with Gasteiger partial charge in [0.2, 0.25) is 17.7 Å². The van der Waals surface area contributed by atoms with Gasteiger partial charge >= 0.3 is 0 Å². The Labute approximate surface area is 137 Å². The molecule has 2 bridgehead atoms. The van der Waals surface area contributed by atoms with Crippen LogP contribution in [0, 0.1) is 23.7 Å². The van der Waals surface area contributed by atoms with E-state index in [9.17, 15) is 14.4 Å². The second kappa shape index (κ2) is 6.46. The summed E-state index contributed by atoms with van der Waals surface area (Å²) in [6.07, 6.45) is 7.23. The summed E-state index contributed by atoms with van der Waals surface area (Å²) in [7, 11) is 0. The Morgan fingerprint density at radius 3 is 2.09 bits per heavy atom. The maximum atomic E-state index is 12.6. The first-order valence-electron chi connectivity index (χ1n) is 8.89. The minimum atomic E-state index is -0.157. The molecule has 2 aliphatic carbocycles. The lowest BCUT2D eigenvalue weighted by atomic mass is 9.85. The first-order chi connectivity index (χ1) is 11.1. The van der Waals surface area contributed by atoms with Crippen molar-refractivity contribution in [2.24, 2.45) is 23.7 Å². The molecule has 0 radical (unpaired) electrons. The zero-order chi connectivity index (χ0) is 16.6. The highest BCUT2D eigenvalue weighted by Gasteiger charge is 2.59. The maximum Gasteiger partial charge on any atom is 0.233 e. The van der Waals surface area contributed by atoms with Crippen molar-refractivity contribution in [2.75, 3.05) is 19.6 Å². The van der Waals surface area contributed by atoms with Crippen LogP contribution in [0.5, 0.6) is 0 Å². The van der Waals surface area contributed by atoms with E-state index < -0.39 is 0 Å². The van der Waals surface area contributed by atoms with Crippen molar-refractivity contribution in [1.29, 1.82) is 0 Å². The van der Waals surface area contributed by atoms with Gasteiger partial charge < -0.3 is 4.90 Å². The second-order valence-electron chi connectivity index (χ2n) is 6.96. The summed E-state index contributed by atoms with van der Waals surface area (Å²) in [4.78, 5) is 40.7. The fraction of sp³-hybridized carbons (Fsp3) is 0.722. The molecule has 126 valence electrons. The number of carbonyl (C=O) groups is 3. The van der Waals surface area contributed by atoms with Gasteiger partial charge in [0.25, 0.3) is 0 Å². The largest absolute Gasteiger partial charge is 0.343 e. The molecule has 5 heteroatoms. The van der Waals surface area contributed by atoms with Gasteiger partial charge in [-0.25, -0.2) is 0 Å². The van der Waals surface area contributed by atoms with Gasteiger partial charge in [-0.15, -0.1) is 0 Å². The van der Waals surface area contributed by atoms with Crippen LogP contribution in [0.25, 0.3) is 0 Å². The van der Waals surface area contributed by atoms with Crippen molar-refractivity contribution in [3.63, 3.8) is 0 Å². The maximum absolute atomic E-state index is 12.6. The predicted molar refractivity (Wildman–Crippen MR) is 86.2 cm³/mol. The van der Waals surface area contributed by atoms with Gasteiger partial charge in [0, 0.05) is 26.1 Å². The van der Waals surface area contributed by atoms with Crippen LogP contribution in [0.15, 0.2) is 12.2 Å². The average molecular weight is 318 g/mol. The molecule has 23 heavy (non-hydrogen) atoms. The lowest BCUT2D eigenvalue weighted by Crippen LogP contribution is -2.38. The number of allylic oxidation sites excluding steroid dienone is 2.